The summed E-state index contributed by atoms with van der Waals surface area (Å²) < 4.78 is 16.6. The van der Waals surface area contributed by atoms with Gasteiger partial charge in [-0.15, -0.1) is 0 Å². The second-order valence-corrected chi connectivity index (χ2v) is 8.96. The van der Waals surface area contributed by atoms with Gasteiger partial charge in [-0.05, 0) is 55.2 Å². The van der Waals surface area contributed by atoms with Crippen LogP contribution in [0.25, 0.3) is 0 Å². The Kier molecular flexibility index (Phi) is 9.08. The van der Waals surface area contributed by atoms with E-state index in [-0.39, 0.29) is 18.8 Å². The molecule has 1 saturated heterocycles. The van der Waals surface area contributed by atoms with Crippen LogP contribution in [0.4, 0.5) is 0 Å². The minimum absolute atomic E-state index is 0.0278. The van der Waals surface area contributed by atoms with Crippen LogP contribution in [-0.2, 0) is 25.5 Å². The van der Waals surface area contributed by atoms with Gasteiger partial charge in [0.15, 0.2) is 0 Å². The maximum absolute atomic E-state index is 11.9. The summed E-state index contributed by atoms with van der Waals surface area (Å²) >= 11 is 6.49. The molecule has 34 heavy (non-hydrogen) atoms. The van der Waals surface area contributed by atoms with Crippen molar-refractivity contribution in [2.24, 2.45) is 5.92 Å². The van der Waals surface area contributed by atoms with Crippen molar-refractivity contribution < 1.29 is 34.0 Å². The minimum atomic E-state index is -1.30. The molecule has 1 aliphatic heterocycles. The number of hydrogen-bond donors (Lipinski definition) is 2. The average Bonchev–Trinajstić information content (AvgIpc) is 2.79. The average molecular weight is 491 g/mol. The normalized spacial score (nSPS) is 24.5. The Bertz CT molecular complexity index is 989. The third kappa shape index (κ3) is 6.57. The molecule has 0 bridgehead atoms. The molecule has 5 unspecified atom stereocenters. The number of ether oxygens (including phenoxy) is 3. The van der Waals surface area contributed by atoms with Gasteiger partial charge in [0.1, 0.15) is 30.3 Å². The van der Waals surface area contributed by atoms with Crippen LogP contribution in [0.2, 0.25) is 5.02 Å². The van der Waals surface area contributed by atoms with Crippen molar-refractivity contribution >= 4 is 23.4 Å². The molecule has 5 atom stereocenters. The predicted molar refractivity (Wildman–Crippen MR) is 127 cm³/mol. The van der Waals surface area contributed by atoms with Gasteiger partial charge in [0.2, 0.25) is 0 Å². The van der Waals surface area contributed by atoms with Crippen LogP contribution in [0, 0.1) is 5.92 Å². The highest BCUT2D eigenvalue weighted by Gasteiger charge is 2.45. The quantitative estimate of drug-likeness (QED) is 0.517. The Balaban J connectivity index is 1.89. The van der Waals surface area contributed by atoms with Crippen LogP contribution >= 0.6 is 11.6 Å². The molecule has 184 valence electrons. The number of Topliss-reactive ketones (excluding diaryl/α,β-unsaturated/α-hetero) is 1. The van der Waals surface area contributed by atoms with Crippen molar-refractivity contribution in [1.29, 1.82) is 0 Å². The van der Waals surface area contributed by atoms with Gasteiger partial charge in [-0.3, -0.25) is 4.79 Å². The van der Waals surface area contributed by atoms with Gasteiger partial charge in [-0.25, -0.2) is 0 Å². The molecule has 7 nitrogen and oxygen atoms in total. The lowest BCUT2D eigenvalue weighted by molar-refractivity contribution is -0.216. The topological polar surface area (TPSA) is 102 Å². The Morgan fingerprint density at radius 2 is 1.76 bits per heavy atom. The maximum atomic E-state index is 11.9. The van der Waals surface area contributed by atoms with Crippen molar-refractivity contribution in [2.75, 3.05) is 13.2 Å². The zero-order valence-electron chi connectivity index (χ0n) is 19.6. The van der Waals surface area contributed by atoms with E-state index in [9.17, 15) is 19.8 Å². The monoisotopic (exact) mass is 490 g/mol. The molecule has 2 aromatic carbocycles. The number of carbonyl (C=O) groups excluding carboxylic acids is 2. The summed E-state index contributed by atoms with van der Waals surface area (Å²) in [6.07, 6.45) is -3.56. The minimum Gasteiger partial charge on any atom is -0.494 e. The Hall–Kier alpha value is -2.45. The molecule has 3 rings (SSSR count). The summed E-state index contributed by atoms with van der Waals surface area (Å²) in [5.41, 5.74) is 2.61. The molecule has 8 heteroatoms. The summed E-state index contributed by atoms with van der Waals surface area (Å²) in [5, 5.41) is 21.9. The number of esters is 1. The van der Waals surface area contributed by atoms with Gasteiger partial charge in [0.25, 0.3) is 0 Å². The van der Waals surface area contributed by atoms with Crippen molar-refractivity contribution in [1.82, 2.24) is 0 Å². The molecule has 2 N–H and O–H groups in total. The van der Waals surface area contributed by atoms with E-state index in [0.717, 1.165) is 22.4 Å². The fourth-order valence-electron chi connectivity index (χ4n) is 4.24. The first-order chi connectivity index (χ1) is 16.2. The van der Waals surface area contributed by atoms with E-state index in [1.165, 1.54) is 13.8 Å². The highest BCUT2D eigenvalue weighted by molar-refractivity contribution is 6.31. The van der Waals surface area contributed by atoms with Crippen molar-refractivity contribution in [3.63, 3.8) is 0 Å². The number of benzene rings is 2. The number of rotatable bonds is 9. The van der Waals surface area contributed by atoms with Crippen molar-refractivity contribution in [3.05, 3.63) is 64.2 Å². The van der Waals surface area contributed by atoms with E-state index in [2.05, 4.69) is 0 Å². The lowest BCUT2D eigenvalue weighted by Crippen LogP contribution is -2.53. The van der Waals surface area contributed by atoms with Crippen LogP contribution in [0.15, 0.2) is 42.5 Å². The molecule has 1 heterocycles. The van der Waals surface area contributed by atoms with E-state index in [4.69, 9.17) is 25.8 Å². The van der Waals surface area contributed by atoms with Crippen LogP contribution in [0.5, 0.6) is 5.75 Å². The van der Waals surface area contributed by atoms with Gasteiger partial charge in [0, 0.05) is 24.3 Å². The van der Waals surface area contributed by atoms with Crippen molar-refractivity contribution in [3.8, 4) is 5.75 Å². The molecule has 0 spiro atoms. The van der Waals surface area contributed by atoms with E-state index in [0.29, 0.717) is 18.1 Å². The number of carbonyl (C=O) groups is 2. The lowest BCUT2D eigenvalue weighted by atomic mass is 9.80. The van der Waals surface area contributed by atoms with Crippen molar-refractivity contribution in [2.45, 2.75) is 58.0 Å². The highest BCUT2D eigenvalue weighted by Crippen LogP contribution is 2.40. The second kappa shape index (κ2) is 11.8. The molecule has 0 amide bonds. The fraction of sp³-hybridized carbons (Fsp3) is 0.462. The zero-order valence-corrected chi connectivity index (χ0v) is 20.3. The van der Waals surface area contributed by atoms with Gasteiger partial charge in [-0.2, -0.15) is 0 Å². The molecular weight excluding hydrogens is 460 g/mol. The lowest BCUT2D eigenvalue weighted by Gasteiger charge is -2.43. The first kappa shape index (κ1) is 26.2. The number of aliphatic hydroxyl groups excluding tert-OH is 2. The maximum Gasteiger partial charge on any atom is 0.302 e. The SMILES string of the molecule is CCOc1ccc(Cc2cc(C3OC(COC(C)=O)C(O)C(O)C3CC(C)=O)ccc2Cl)cc1. The predicted octanol–water partition coefficient (Wildman–Crippen LogP) is 3.65. The Labute approximate surface area is 204 Å². The van der Waals surface area contributed by atoms with E-state index in [1.807, 2.05) is 37.3 Å². The third-order valence-electron chi connectivity index (χ3n) is 5.88. The third-order valence-corrected chi connectivity index (χ3v) is 6.25. The summed E-state index contributed by atoms with van der Waals surface area (Å²) in [5.74, 6) is -0.524. The summed E-state index contributed by atoms with van der Waals surface area (Å²) in [4.78, 5) is 23.2. The molecule has 0 aliphatic carbocycles. The van der Waals surface area contributed by atoms with Gasteiger partial charge in [0.05, 0.1) is 18.8 Å². The van der Waals surface area contributed by atoms with Crippen LogP contribution in [-0.4, -0.2) is 53.5 Å². The van der Waals surface area contributed by atoms with Crippen LogP contribution in [0.3, 0.4) is 0 Å². The summed E-state index contributed by atoms with van der Waals surface area (Å²) in [6.45, 7) is 5.01. The largest absolute Gasteiger partial charge is 0.494 e. The van der Waals surface area contributed by atoms with Crippen LogP contribution < -0.4 is 4.74 Å². The van der Waals surface area contributed by atoms with Gasteiger partial charge >= 0.3 is 5.97 Å². The van der Waals surface area contributed by atoms with Gasteiger partial charge in [-0.1, -0.05) is 35.9 Å². The smallest absolute Gasteiger partial charge is 0.302 e. The van der Waals surface area contributed by atoms with E-state index in [1.54, 1.807) is 12.1 Å². The summed E-state index contributed by atoms with van der Waals surface area (Å²) in [7, 11) is 0. The Morgan fingerprint density at radius 1 is 1.06 bits per heavy atom. The first-order valence-electron chi connectivity index (χ1n) is 11.3. The number of halogens is 1. The molecule has 2 aromatic rings. The molecular formula is C26H31ClO7. The number of hydrogen-bond acceptors (Lipinski definition) is 7. The van der Waals surface area contributed by atoms with Gasteiger partial charge < -0.3 is 29.2 Å². The van der Waals surface area contributed by atoms with E-state index < -0.39 is 36.3 Å². The molecule has 0 saturated carbocycles. The Morgan fingerprint density at radius 3 is 2.38 bits per heavy atom. The molecule has 1 aliphatic rings. The zero-order chi connectivity index (χ0) is 24.8. The highest BCUT2D eigenvalue weighted by atomic mass is 35.5. The number of aliphatic hydroxyl groups is 2. The standard InChI is InChI=1S/C26H31ClO7/c1-4-32-20-8-5-17(6-9-20)12-19-13-18(7-10-22(19)27)26-21(11-15(2)28)24(30)25(31)23(34-26)14-33-16(3)29/h5-10,13,21,23-26,30-31H,4,11-12,14H2,1-3H3. The molecule has 1 fully saturated rings. The fourth-order valence-corrected chi connectivity index (χ4v) is 4.43. The van der Waals surface area contributed by atoms with E-state index >= 15 is 0 Å². The number of ketones is 1. The first-order valence-corrected chi connectivity index (χ1v) is 11.7. The second-order valence-electron chi connectivity index (χ2n) is 8.55. The summed E-state index contributed by atoms with van der Waals surface area (Å²) in [6, 6.07) is 13.2. The molecule has 0 aromatic heterocycles. The molecule has 0 radical (unpaired) electrons. The van der Waals surface area contributed by atoms with Crippen LogP contribution in [0.1, 0.15) is 50.0 Å².